The van der Waals surface area contributed by atoms with Gasteiger partial charge in [0.15, 0.2) is 5.82 Å². The molecule has 4 aromatic heterocycles. The number of ether oxygens (including phenoxy) is 1. The predicted octanol–water partition coefficient (Wildman–Crippen LogP) is 3.50. The summed E-state index contributed by atoms with van der Waals surface area (Å²) in [5.74, 6) is -0.619. The summed E-state index contributed by atoms with van der Waals surface area (Å²) in [7, 11) is 1.77. The molecule has 0 saturated carbocycles. The van der Waals surface area contributed by atoms with Gasteiger partial charge < -0.3 is 9.84 Å². The topological polar surface area (TPSA) is 108 Å². The molecule has 0 atom stereocenters. The van der Waals surface area contributed by atoms with Crippen LogP contribution >= 0.6 is 11.6 Å². The molecule has 4 aromatic rings. The number of hydrogen-bond donors (Lipinski definition) is 1. The van der Waals surface area contributed by atoms with E-state index in [0.717, 1.165) is 6.20 Å². The van der Waals surface area contributed by atoms with Gasteiger partial charge in [-0.25, -0.2) is 9.97 Å². The summed E-state index contributed by atoms with van der Waals surface area (Å²) in [5, 5.41) is 14.9. The smallest absolute Gasteiger partial charge is 0.277 e. The Kier molecular flexibility index (Phi) is 4.49. The molecule has 176 valence electrons. The number of rotatable bonds is 6. The van der Waals surface area contributed by atoms with Gasteiger partial charge in [0.2, 0.25) is 0 Å². The number of hydrogen-bond acceptors (Lipinski definition) is 7. The lowest BCUT2D eigenvalue weighted by molar-refractivity contribution is 0.0688. The van der Waals surface area contributed by atoms with Crippen molar-refractivity contribution in [2.75, 3.05) is 0 Å². The first-order chi connectivity index (χ1) is 18.5. The zero-order valence-corrected chi connectivity index (χ0v) is 19.3. The normalized spacial score (nSPS) is 15.0. The number of aromatic nitrogens is 6. The van der Waals surface area contributed by atoms with Crippen LogP contribution in [0.25, 0.3) is 17.1 Å². The predicted molar refractivity (Wildman–Crippen MR) is 128 cm³/mol. The molecule has 0 aromatic carbocycles. The average molecular weight is 487 g/mol. The molecule has 34 heavy (non-hydrogen) atoms. The van der Waals surface area contributed by atoms with E-state index in [-0.39, 0.29) is 28.8 Å². The maximum atomic E-state index is 13.4. The van der Waals surface area contributed by atoms with Crippen molar-refractivity contribution < 1.29 is 18.1 Å². The van der Waals surface area contributed by atoms with E-state index in [1.165, 1.54) is 22.9 Å². The van der Waals surface area contributed by atoms with Crippen LogP contribution in [0.5, 0.6) is 5.75 Å². The number of aliphatic hydroxyl groups is 1. The maximum Gasteiger partial charge on any atom is 0.277 e. The van der Waals surface area contributed by atoms with Crippen molar-refractivity contribution >= 4 is 11.6 Å². The SMILES string of the molecule is [2H]C([2H])([2H])C(O)(c1nccc(-c2cc(-n3c(C)cc(OCc4ccn(C)n4)c(Cl)c3=O)c(C)cn2)n1)C([2H])([2H])[2H]. The number of halogens is 1. The Morgan fingerprint density at radius 2 is 2.00 bits per heavy atom. The van der Waals surface area contributed by atoms with E-state index in [2.05, 4.69) is 20.1 Å². The molecule has 0 aliphatic heterocycles. The Labute approximate surface area is 210 Å². The highest BCUT2D eigenvalue weighted by molar-refractivity contribution is 6.31. The molecule has 4 heterocycles. The Balaban J connectivity index is 1.77. The quantitative estimate of drug-likeness (QED) is 0.444. The molecule has 4 rings (SSSR count). The van der Waals surface area contributed by atoms with Crippen molar-refractivity contribution in [2.24, 2.45) is 7.05 Å². The minimum atomic E-state index is -3.36. The van der Waals surface area contributed by atoms with Gasteiger partial charge in [0.05, 0.1) is 22.8 Å². The maximum absolute atomic E-state index is 13.4. The summed E-state index contributed by atoms with van der Waals surface area (Å²) >= 11 is 6.40. The molecule has 0 aliphatic rings. The minimum absolute atomic E-state index is 0.0327. The van der Waals surface area contributed by atoms with Gasteiger partial charge in [-0.2, -0.15) is 5.10 Å². The van der Waals surface area contributed by atoms with Crippen molar-refractivity contribution in [3.63, 3.8) is 0 Å². The highest BCUT2D eigenvalue weighted by Crippen LogP contribution is 2.27. The summed E-state index contributed by atoms with van der Waals surface area (Å²) in [4.78, 5) is 25.5. The fourth-order valence-electron chi connectivity index (χ4n) is 3.35. The summed E-state index contributed by atoms with van der Waals surface area (Å²) in [6, 6.07) is 6.28. The molecule has 0 aliphatic carbocycles. The largest absolute Gasteiger partial charge is 0.485 e. The van der Waals surface area contributed by atoms with Crippen LogP contribution in [0.2, 0.25) is 5.02 Å². The van der Waals surface area contributed by atoms with Crippen molar-refractivity contribution in [2.45, 2.75) is 39.8 Å². The lowest BCUT2D eigenvalue weighted by Gasteiger charge is -2.17. The van der Waals surface area contributed by atoms with Gasteiger partial charge >= 0.3 is 0 Å². The van der Waals surface area contributed by atoms with Crippen LogP contribution in [0.3, 0.4) is 0 Å². The summed E-state index contributed by atoms with van der Waals surface area (Å²) in [6.45, 7) is -3.18. The van der Waals surface area contributed by atoms with E-state index in [1.54, 1.807) is 43.9 Å². The lowest BCUT2D eigenvalue weighted by Crippen LogP contribution is -2.23. The Morgan fingerprint density at radius 3 is 2.71 bits per heavy atom. The van der Waals surface area contributed by atoms with E-state index in [1.807, 2.05) is 0 Å². The molecule has 0 unspecified atom stereocenters. The molecule has 0 fully saturated rings. The molecule has 0 spiro atoms. The van der Waals surface area contributed by atoms with Gasteiger partial charge in [-0.05, 0) is 51.3 Å². The highest BCUT2D eigenvalue weighted by Gasteiger charge is 2.21. The van der Waals surface area contributed by atoms with Gasteiger partial charge in [0, 0.05) is 45.6 Å². The van der Waals surface area contributed by atoms with E-state index < -0.39 is 30.7 Å². The summed E-state index contributed by atoms with van der Waals surface area (Å²) < 4.78 is 54.7. The lowest BCUT2D eigenvalue weighted by atomic mass is 10.1. The van der Waals surface area contributed by atoms with Gasteiger partial charge in [-0.1, -0.05) is 11.6 Å². The standard InChI is InChI=1S/C24H25ClN6O3/c1-14-12-27-18(17-6-8-26-23(28-17)24(3,4)33)11-19(14)31-15(2)10-20(21(25)22(31)32)34-13-16-7-9-30(5)29-16/h6-12,33H,13H2,1-5H3/i3D3,4D3. The third kappa shape index (κ3) is 4.71. The number of aryl methyl sites for hydroxylation is 3. The first-order valence-electron chi connectivity index (χ1n) is 13.1. The van der Waals surface area contributed by atoms with Gasteiger partial charge in [0.1, 0.15) is 23.0 Å². The molecular formula is C24H25ClN6O3. The molecule has 0 saturated heterocycles. The Hall–Kier alpha value is -3.56. The summed E-state index contributed by atoms with van der Waals surface area (Å²) in [5.41, 5.74) is -1.53. The second-order valence-corrected chi connectivity index (χ2v) is 8.08. The minimum Gasteiger partial charge on any atom is -0.485 e. The molecule has 10 heteroatoms. The summed E-state index contributed by atoms with van der Waals surface area (Å²) in [6.07, 6.45) is 4.36. The molecule has 0 amide bonds. The zero-order chi connectivity index (χ0) is 29.6. The third-order valence-electron chi connectivity index (χ3n) is 5.00. The number of pyridine rings is 2. The van der Waals surface area contributed by atoms with Crippen LogP contribution in [-0.2, 0) is 19.3 Å². The zero-order valence-electron chi connectivity index (χ0n) is 24.6. The van der Waals surface area contributed by atoms with Crippen molar-refractivity contribution in [1.82, 2.24) is 29.3 Å². The molecule has 1 N–H and O–H groups in total. The Bertz CT molecular complexity index is 1620. The Morgan fingerprint density at radius 1 is 1.21 bits per heavy atom. The van der Waals surface area contributed by atoms with Crippen LogP contribution in [0.15, 0.2) is 47.7 Å². The molecular weight excluding hydrogens is 456 g/mol. The fraction of sp³-hybridized carbons (Fsp3) is 0.292. The third-order valence-corrected chi connectivity index (χ3v) is 5.35. The van der Waals surface area contributed by atoms with Gasteiger partial charge in [0.25, 0.3) is 5.56 Å². The van der Waals surface area contributed by atoms with Crippen LogP contribution in [0, 0.1) is 13.8 Å². The van der Waals surface area contributed by atoms with Crippen LogP contribution in [0.4, 0.5) is 0 Å². The van der Waals surface area contributed by atoms with E-state index >= 15 is 0 Å². The average Bonchev–Trinajstić information content (AvgIpc) is 3.29. The van der Waals surface area contributed by atoms with Crippen molar-refractivity contribution in [3.8, 4) is 22.8 Å². The van der Waals surface area contributed by atoms with Crippen molar-refractivity contribution in [3.05, 3.63) is 81.0 Å². The number of nitrogens with zero attached hydrogens (tertiary/aromatic N) is 6. The molecule has 0 bridgehead atoms. The highest BCUT2D eigenvalue weighted by atomic mass is 35.5. The van der Waals surface area contributed by atoms with Crippen LogP contribution in [0.1, 0.15) is 44.7 Å². The molecule has 0 radical (unpaired) electrons. The van der Waals surface area contributed by atoms with E-state index in [4.69, 9.17) is 24.6 Å². The fourth-order valence-corrected chi connectivity index (χ4v) is 3.54. The van der Waals surface area contributed by atoms with Crippen LogP contribution in [-0.4, -0.2) is 34.4 Å². The molecule has 9 nitrogen and oxygen atoms in total. The monoisotopic (exact) mass is 486 g/mol. The van der Waals surface area contributed by atoms with Gasteiger partial charge in [-0.15, -0.1) is 0 Å². The van der Waals surface area contributed by atoms with Crippen LogP contribution < -0.4 is 10.3 Å². The van der Waals surface area contributed by atoms with Crippen molar-refractivity contribution in [1.29, 1.82) is 0 Å². The first-order valence-corrected chi connectivity index (χ1v) is 10.5. The first kappa shape index (κ1) is 17.0. The second-order valence-electron chi connectivity index (χ2n) is 7.71. The van der Waals surface area contributed by atoms with Gasteiger partial charge in [-0.3, -0.25) is 19.0 Å². The van der Waals surface area contributed by atoms with E-state index in [9.17, 15) is 9.90 Å². The second kappa shape index (κ2) is 9.00. The van der Waals surface area contributed by atoms with E-state index in [0.29, 0.717) is 22.6 Å².